The number of hydrogen-bond donors (Lipinski definition) is 1. The molecule has 0 spiro atoms. The minimum absolute atomic E-state index is 0.286. The molecule has 0 aliphatic rings. The molecule has 22 heavy (non-hydrogen) atoms. The van der Waals surface area contributed by atoms with Gasteiger partial charge in [-0.3, -0.25) is 0 Å². The average Bonchev–Trinajstić information content (AvgIpc) is 2.97. The topological polar surface area (TPSA) is 74.5 Å². The number of hydrogen-bond acceptors (Lipinski definition) is 7. The maximum absolute atomic E-state index is 12.8. The van der Waals surface area contributed by atoms with Crippen LogP contribution in [0.3, 0.4) is 0 Å². The zero-order valence-electron chi connectivity index (χ0n) is 11.0. The molecule has 1 N–H and O–H groups in total. The van der Waals surface area contributed by atoms with Crippen LogP contribution in [-0.2, 0) is 0 Å². The third-order valence-electron chi connectivity index (χ3n) is 2.56. The van der Waals surface area contributed by atoms with E-state index in [0.29, 0.717) is 10.7 Å². The molecular formula is C14H8FN5S2. The van der Waals surface area contributed by atoms with Crippen molar-refractivity contribution in [1.29, 1.82) is 5.26 Å². The summed E-state index contributed by atoms with van der Waals surface area (Å²) < 4.78 is 13.6. The van der Waals surface area contributed by atoms with Gasteiger partial charge < -0.3 is 5.32 Å². The predicted octanol–water partition coefficient (Wildman–Crippen LogP) is 3.84. The summed E-state index contributed by atoms with van der Waals surface area (Å²) >= 11 is 2.73. The number of nitrogens with one attached hydrogen (secondary N) is 1. The van der Waals surface area contributed by atoms with Crippen LogP contribution in [0, 0.1) is 17.1 Å². The highest BCUT2D eigenvalue weighted by molar-refractivity contribution is 8.01. The highest BCUT2D eigenvalue weighted by atomic mass is 32.2. The van der Waals surface area contributed by atoms with Gasteiger partial charge in [0.25, 0.3) is 0 Å². The van der Waals surface area contributed by atoms with E-state index in [1.54, 1.807) is 24.3 Å². The van der Waals surface area contributed by atoms with Crippen LogP contribution in [0.15, 0.2) is 52.0 Å². The molecular weight excluding hydrogens is 321 g/mol. The molecule has 108 valence electrons. The summed E-state index contributed by atoms with van der Waals surface area (Å²) in [4.78, 5) is 4.17. The number of nitrogens with zero attached hydrogens (tertiary/aromatic N) is 4. The van der Waals surface area contributed by atoms with Gasteiger partial charge in [0.15, 0.2) is 4.34 Å². The fraction of sp³-hybridized carbons (Fsp3) is 0. The molecule has 5 nitrogen and oxygen atoms in total. The Hall–Kier alpha value is -2.50. The van der Waals surface area contributed by atoms with Crippen LogP contribution in [0.5, 0.6) is 0 Å². The third-order valence-corrected chi connectivity index (χ3v) is 4.40. The molecule has 0 unspecified atom stereocenters. The van der Waals surface area contributed by atoms with Crippen molar-refractivity contribution in [2.45, 2.75) is 9.37 Å². The van der Waals surface area contributed by atoms with Crippen LogP contribution in [0.2, 0.25) is 0 Å². The lowest BCUT2D eigenvalue weighted by Gasteiger charge is -2.00. The lowest BCUT2D eigenvalue weighted by Crippen LogP contribution is -1.89. The van der Waals surface area contributed by atoms with Gasteiger partial charge in [-0.1, -0.05) is 11.3 Å². The normalized spacial score (nSPS) is 10.2. The molecule has 2 aromatic heterocycles. The monoisotopic (exact) mass is 329 g/mol. The van der Waals surface area contributed by atoms with Gasteiger partial charge in [-0.05, 0) is 48.2 Å². The molecule has 1 aromatic carbocycles. The van der Waals surface area contributed by atoms with E-state index in [1.165, 1.54) is 41.4 Å². The SMILES string of the molecule is N#Cc1ccc(Sc2nnc(Nc3ccc(F)cc3)s2)nc1. The van der Waals surface area contributed by atoms with Crippen molar-refractivity contribution < 1.29 is 4.39 Å². The number of benzene rings is 1. The van der Waals surface area contributed by atoms with Crippen LogP contribution < -0.4 is 5.32 Å². The molecule has 0 saturated carbocycles. The summed E-state index contributed by atoms with van der Waals surface area (Å²) in [6, 6.07) is 11.5. The van der Waals surface area contributed by atoms with E-state index in [1.807, 2.05) is 6.07 Å². The van der Waals surface area contributed by atoms with Gasteiger partial charge in [-0.2, -0.15) is 5.26 Å². The zero-order chi connectivity index (χ0) is 15.4. The Labute approximate surface area is 133 Å². The van der Waals surface area contributed by atoms with Crippen LogP contribution in [0.4, 0.5) is 15.2 Å². The molecule has 0 saturated heterocycles. The van der Waals surface area contributed by atoms with E-state index in [0.717, 1.165) is 15.1 Å². The van der Waals surface area contributed by atoms with Crippen molar-refractivity contribution in [3.63, 3.8) is 0 Å². The maximum Gasteiger partial charge on any atom is 0.210 e. The molecule has 0 atom stereocenters. The van der Waals surface area contributed by atoms with E-state index >= 15 is 0 Å². The molecule has 8 heteroatoms. The van der Waals surface area contributed by atoms with E-state index in [2.05, 4.69) is 20.5 Å². The van der Waals surface area contributed by atoms with Crippen LogP contribution in [0.1, 0.15) is 5.56 Å². The van der Waals surface area contributed by atoms with Crippen molar-refractivity contribution >= 4 is 33.9 Å². The van der Waals surface area contributed by atoms with Gasteiger partial charge >= 0.3 is 0 Å². The van der Waals surface area contributed by atoms with Gasteiger partial charge in [-0.15, -0.1) is 10.2 Å². The molecule has 0 bridgehead atoms. The molecule has 0 radical (unpaired) electrons. The molecule has 0 fully saturated rings. The fourth-order valence-electron chi connectivity index (χ4n) is 1.55. The quantitative estimate of drug-likeness (QED) is 0.784. The van der Waals surface area contributed by atoms with Gasteiger partial charge in [0.05, 0.1) is 5.56 Å². The first-order valence-corrected chi connectivity index (χ1v) is 7.76. The summed E-state index contributed by atoms with van der Waals surface area (Å²) in [6.07, 6.45) is 1.51. The lowest BCUT2D eigenvalue weighted by atomic mass is 10.3. The summed E-state index contributed by atoms with van der Waals surface area (Å²) in [7, 11) is 0. The van der Waals surface area contributed by atoms with Gasteiger partial charge in [0.1, 0.15) is 16.9 Å². The Morgan fingerprint density at radius 1 is 1.14 bits per heavy atom. The van der Waals surface area contributed by atoms with Gasteiger partial charge in [-0.25, -0.2) is 9.37 Å². The van der Waals surface area contributed by atoms with Crippen LogP contribution in [-0.4, -0.2) is 15.2 Å². The summed E-state index contributed by atoms with van der Waals surface area (Å²) in [5.74, 6) is -0.286. The smallest absolute Gasteiger partial charge is 0.210 e. The Balaban J connectivity index is 1.68. The number of rotatable bonds is 4. The molecule has 3 rings (SSSR count). The molecule has 2 heterocycles. The third kappa shape index (κ3) is 3.58. The Morgan fingerprint density at radius 3 is 2.64 bits per heavy atom. The second-order valence-electron chi connectivity index (χ2n) is 4.10. The van der Waals surface area contributed by atoms with E-state index < -0.39 is 0 Å². The molecule has 0 aliphatic heterocycles. The van der Waals surface area contributed by atoms with Crippen LogP contribution in [0.25, 0.3) is 0 Å². The summed E-state index contributed by atoms with van der Waals surface area (Å²) in [5.41, 5.74) is 1.26. The van der Waals surface area contributed by atoms with Crippen molar-refractivity contribution in [2.24, 2.45) is 0 Å². The number of anilines is 2. The van der Waals surface area contributed by atoms with Crippen LogP contribution >= 0.6 is 23.1 Å². The van der Waals surface area contributed by atoms with Crippen molar-refractivity contribution in [1.82, 2.24) is 15.2 Å². The fourth-order valence-corrected chi connectivity index (χ4v) is 3.21. The molecule has 3 aromatic rings. The second-order valence-corrected chi connectivity index (χ2v) is 6.35. The summed E-state index contributed by atoms with van der Waals surface area (Å²) in [6.45, 7) is 0. The van der Waals surface area contributed by atoms with E-state index in [-0.39, 0.29) is 5.82 Å². The Morgan fingerprint density at radius 2 is 1.95 bits per heavy atom. The highest BCUT2D eigenvalue weighted by Gasteiger charge is 2.07. The lowest BCUT2D eigenvalue weighted by molar-refractivity contribution is 0.628. The minimum Gasteiger partial charge on any atom is -0.330 e. The van der Waals surface area contributed by atoms with Gasteiger partial charge in [0.2, 0.25) is 5.13 Å². The first-order valence-electron chi connectivity index (χ1n) is 6.13. The standard InChI is InChI=1S/C14H8FN5S2/c15-10-2-4-11(5-3-10)18-13-19-20-14(22-13)21-12-6-1-9(7-16)8-17-12/h1-6,8H,(H,18,19). The average molecular weight is 329 g/mol. The van der Waals surface area contributed by atoms with Gasteiger partial charge in [0, 0.05) is 11.9 Å². The van der Waals surface area contributed by atoms with E-state index in [9.17, 15) is 4.39 Å². The van der Waals surface area contributed by atoms with E-state index in [4.69, 9.17) is 5.26 Å². The highest BCUT2D eigenvalue weighted by Crippen LogP contribution is 2.31. The number of halogens is 1. The largest absolute Gasteiger partial charge is 0.330 e. The number of aromatic nitrogens is 3. The Kier molecular flexibility index (Phi) is 4.27. The first kappa shape index (κ1) is 14.4. The number of pyridine rings is 1. The number of nitriles is 1. The predicted molar refractivity (Wildman–Crippen MR) is 82.7 cm³/mol. The minimum atomic E-state index is -0.286. The van der Waals surface area contributed by atoms with Crippen molar-refractivity contribution in [2.75, 3.05) is 5.32 Å². The Bertz CT molecular complexity index is 808. The zero-order valence-corrected chi connectivity index (χ0v) is 12.7. The summed E-state index contributed by atoms with van der Waals surface area (Å²) in [5, 5.41) is 21.2. The first-order chi connectivity index (χ1) is 10.7. The molecule has 0 amide bonds. The van der Waals surface area contributed by atoms with Crippen molar-refractivity contribution in [3.8, 4) is 6.07 Å². The second kappa shape index (κ2) is 6.51. The van der Waals surface area contributed by atoms with Crippen molar-refractivity contribution in [3.05, 3.63) is 54.0 Å². The molecule has 0 aliphatic carbocycles. The maximum atomic E-state index is 12.8.